The molecule has 0 unspecified atom stereocenters. The lowest BCUT2D eigenvalue weighted by Crippen LogP contribution is -2.25. The molecule has 3 aromatic rings. The largest absolute Gasteiger partial charge is 0.497 e. The summed E-state index contributed by atoms with van der Waals surface area (Å²) in [6, 6.07) is 15.4. The Hall–Kier alpha value is -2.24. The highest BCUT2D eigenvalue weighted by molar-refractivity contribution is 7.13. The summed E-state index contributed by atoms with van der Waals surface area (Å²) in [6.45, 7) is 1.55. The molecule has 0 spiro atoms. The Balaban J connectivity index is 1.49. The van der Waals surface area contributed by atoms with E-state index in [0.717, 1.165) is 40.7 Å². The van der Waals surface area contributed by atoms with Gasteiger partial charge >= 0.3 is 0 Å². The van der Waals surface area contributed by atoms with Crippen LogP contribution in [0.3, 0.4) is 0 Å². The molecule has 0 aliphatic heterocycles. The molecule has 1 aromatic heterocycles. The zero-order valence-corrected chi connectivity index (χ0v) is 15.5. The second-order valence-electron chi connectivity index (χ2n) is 6.64. The topological polar surface area (TPSA) is 25.4 Å². The van der Waals surface area contributed by atoms with Gasteiger partial charge in [-0.05, 0) is 42.7 Å². The zero-order chi connectivity index (χ0) is 17.9. The number of nitrogens with zero attached hydrogens (tertiary/aromatic N) is 2. The summed E-state index contributed by atoms with van der Waals surface area (Å²) in [5.41, 5.74) is 3.15. The molecule has 0 amide bonds. The number of aromatic nitrogens is 1. The molecule has 1 fully saturated rings. The van der Waals surface area contributed by atoms with E-state index in [9.17, 15) is 4.39 Å². The van der Waals surface area contributed by atoms with Gasteiger partial charge in [0.25, 0.3) is 0 Å². The van der Waals surface area contributed by atoms with E-state index in [1.54, 1.807) is 30.6 Å². The molecule has 1 saturated carbocycles. The minimum Gasteiger partial charge on any atom is -0.497 e. The Kier molecular flexibility index (Phi) is 5.00. The van der Waals surface area contributed by atoms with Crippen molar-refractivity contribution in [1.29, 1.82) is 0 Å². The molecular formula is C21H21FN2OS. The van der Waals surface area contributed by atoms with Gasteiger partial charge in [0.15, 0.2) is 0 Å². The van der Waals surface area contributed by atoms with Crippen molar-refractivity contribution >= 4 is 11.3 Å². The van der Waals surface area contributed by atoms with Crippen LogP contribution in [0.1, 0.15) is 24.1 Å². The van der Waals surface area contributed by atoms with Crippen LogP contribution in [-0.2, 0) is 13.1 Å². The molecule has 134 valence electrons. The molecule has 0 N–H and O–H groups in total. The lowest BCUT2D eigenvalue weighted by molar-refractivity contribution is 0.243. The first-order chi connectivity index (χ1) is 12.7. The SMILES string of the molecule is COc1cccc(-c2nc(CN(Cc3cccc(F)c3)C3CC3)cs2)c1. The second-order valence-corrected chi connectivity index (χ2v) is 7.50. The fourth-order valence-electron chi connectivity index (χ4n) is 3.10. The van der Waals surface area contributed by atoms with E-state index in [4.69, 9.17) is 9.72 Å². The first kappa shape index (κ1) is 17.2. The maximum absolute atomic E-state index is 13.5. The van der Waals surface area contributed by atoms with Gasteiger partial charge in [0.1, 0.15) is 16.6 Å². The molecule has 4 rings (SSSR count). The maximum Gasteiger partial charge on any atom is 0.123 e. The number of ether oxygens (including phenoxy) is 1. The van der Waals surface area contributed by atoms with Gasteiger partial charge < -0.3 is 4.74 Å². The number of benzene rings is 2. The Morgan fingerprint density at radius 3 is 2.77 bits per heavy atom. The highest BCUT2D eigenvalue weighted by atomic mass is 32.1. The van der Waals surface area contributed by atoms with Crippen LogP contribution in [0.5, 0.6) is 5.75 Å². The third kappa shape index (κ3) is 4.11. The smallest absolute Gasteiger partial charge is 0.123 e. The zero-order valence-electron chi connectivity index (χ0n) is 14.7. The van der Waals surface area contributed by atoms with E-state index in [-0.39, 0.29) is 5.82 Å². The van der Waals surface area contributed by atoms with Crippen molar-refractivity contribution in [1.82, 2.24) is 9.88 Å². The molecule has 5 heteroatoms. The Morgan fingerprint density at radius 1 is 1.15 bits per heavy atom. The number of rotatable bonds is 7. The Bertz CT molecular complexity index is 891. The van der Waals surface area contributed by atoms with Crippen LogP contribution in [0.15, 0.2) is 53.9 Å². The van der Waals surface area contributed by atoms with Gasteiger partial charge in [0.05, 0.1) is 12.8 Å². The summed E-state index contributed by atoms with van der Waals surface area (Å²) in [5.74, 6) is 0.664. The highest BCUT2D eigenvalue weighted by Crippen LogP contribution is 2.32. The summed E-state index contributed by atoms with van der Waals surface area (Å²) >= 11 is 1.65. The average Bonchev–Trinajstić information content (AvgIpc) is 3.40. The first-order valence-corrected chi connectivity index (χ1v) is 9.66. The van der Waals surface area contributed by atoms with Crippen molar-refractivity contribution in [2.24, 2.45) is 0 Å². The molecule has 0 bridgehead atoms. The summed E-state index contributed by atoms with van der Waals surface area (Å²) in [5, 5.41) is 3.12. The lowest BCUT2D eigenvalue weighted by Gasteiger charge is -2.21. The van der Waals surface area contributed by atoms with Crippen molar-refractivity contribution in [2.45, 2.75) is 32.0 Å². The third-order valence-electron chi connectivity index (χ3n) is 4.57. The molecule has 2 aromatic carbocycles. The van der Waals surface area contributed by atoms with Crippen molar-refractivity contribution in [3.63, 3.8) is 0 Å². The van der Waals surface area contributed by atoms with Crippen LogP contribution in [0.2, 0.25) is 0 Å². The monoisotopic (exact) mass is 368 g/mol. The summed E-state index contributed by atoms with van der Waals surface area (Å²) in [4.78, 5) is 7.21. The molecule has 0 saturated heterocycles. The predicted molar refractivity (Wildman–Crippen MR) is 103 cm³/mol. The fourth-order valence-corrected chi connectivity index (χ4v) is 3.91. The number of hydrogen-bond acceptors (Lipinski definition) is 4. The minimum atomic E-state index is -0.174. The number of hydrogen-bond donors (Lipinski definition) is 0. The van der Waals surface area contributed by atoms with Crippen molar-refractivity contribution in [3.05, 3.63) is 71.0 Å². The quantitative estimate of drug-likeness (QED) is 0.579. The molecule has 1 aliphatic carbocycles. The van der Waals surface area contributed by atoms with Crippen molar-refractivity contribution in [3.8, 4) is 16.3 Å². The third-order valence-corrected chi connectivity index (χ3v) is 5.51. The number of methoxy groups -OCH3 is 1. The molecule has 1 aliphatic rings. The minimum absolute atomic E-state index is 0.174. The average molecular weight is 368 g/mol. The van der Waals surface area contributed by atoms with E-state index in [2.05, 4.69) is 16.3 Å². The van der Waals surface area contributed by atoms with Crippen molar-refractivity contribution in [2.75, 3.05) is 7.11 Å². The standard InChI is InChI=1S/C21H21FN2OS/c1-25-20-7-3-5-16(11-20)21-23-18(14-26-21)13-24(19-8-9-19)12-15-4-2-6-17(22)10-15/h2-7,10-11,14,19H,8-9,12-13H2,1H3. The summed E-state index contributed by atoms with van der Waals surface area (Å²) < 4.78 is 18.8. The van der Waals surface area contributed by atoms with E-state index in [1.165, 1.54) is 18.9 Å². The maximum atomic E-state index is 13.5. The van der Waals surface area contributed by atoms with Crippen LogP contribution in [0, 0.1) is 5.82 Å². The van der Waals surface area contributed by atoms with Gasteiger partial charge in [-0.3, -0.25) is 4.90 Å². The molecule has 3 nitrogen and oxygen atoms in total. The second kappa shape index (κ2) is 7.56. The number of halogens is 1. The van der Waals surface area contributed by atoms with Crippen LogP contribution in [-0.4, -0.2) is 23.0 Å². The Labute approximate surface area is 157 Å². The summed E-state index contributed by atoms with van der Waals surface area (Å²) in [6.07, 6.45) is 2.42. The van der Waals surface area contributed by atoms with Crippen LogP contribution >= 0.6 is 11.3 Å². The Morgan fingerprint density at radius 2 is 2.00 bits per heavy atom. The van der Waals surface area contributed by atoms with Crippen LogP contribution < -0.4 is 4.74 Å². The number of thiazole rings is 1. The van der Waals surface area contributed by atoms with E-state index >= 15 is 0 Å². The normalized spacial score (nSPS) is 14.0. The van der Waals surface area contributed by atoms with Gasteiger partial charge in [-0.15, -0.1) is 11.3 Å². The molecule has 0 radical (unpaired) electrons. The molecule has 0 atom stereocenters. The highest BCUT2D eigenvalue weighted by Gasteiger charge is 2.29. The fraction of sp³-hybridized carbons (Fsp3) is 0.286. The van der Waals surface area contributed by atoms with Crippen LogP contribution in [0.4, 0.5) is 4.39 Å². The van der Waals surface area contributed by atoms with Crippen LogP contribution in [0.25, 0.3) is 10.6 Å². The molecular weight excluding hydrogens is 347 g/mol. The predicted octanol–water partition coefficient (Wildman–Crippen LogP) is 5.12. The van der Waals surface area contributed by atoms with E-state index in [1.807, 2.05) is 24.3 Å². The van der Waals surface area contributed by atoms with Gasteiger partial charge in [-0.1, -0.05) is 24.3 Å². The lowest BCUT2D eigenvalue weighted by atomic mass is 10.2. The summed E-state index contributed by atoms with van der Waals surface area (Å²) in [7, 11) is 1.67. The van der Waals surface area contributed by atoms with Gasteiger partial charge in [0.2, 0.25) is 0 Å². The van der Waals surface area contributed by atoms with Crippen molar-refractivity contribution < 1.29 is 9.13 Å². The van der Waals surface area contributed by atoms with E-state index < -0.39 is 0 Å². The van der Waals surface area contributed by atoms with Gasteiger partial charge in [-0.2, -0.15) is 0 Å². The van der Waals surface area contributed by atoms with Gasteiger partial charge in [-0.25, -0.2) is 9.37 Å². The van der Waals surface area contributed by atoms with Gasteiger partial charge in [0, 0.05) is 30.1 Å². The van der Waals surface area contributed by atoms with E-state index in [0.29, 0.717) is 6.04 Å². The molecule has 26 heavy (non-hydrogen) atoms. The molecule has 1 heterocycles. The first-order valence-electron chi connectivity index (χ1n) is 8.78.